The highest BCUT2D eigenvalue weighted by Crippen LogP contribution is 2.19. The molecule has 17 heavy (non-hydrogen) atoms. The van der Waals surface area contributed by atoms with Gasteiger partial charge in [-0.15, -0.1) is 0 Å². The highest BCUT2D eigenvalue weighted by Gasteiger charge is 2.16. The lowest BCUT2D eigenvalue weighted by atomic mass is 10.2. The van der Waals surface area contributed by atoms with Crippen LogP contribution in [0.3, 0.4) is 0 Å². The summed E-state index contributed by atoms with van der Waals surface area (Å²) in [6.45, 7) is 3.82. The Balaban J connectivity index is 2.69. The number of carboxylic acids is 1. The summed E-state index contributed by atoms with van der Waals surface area (Å²) in [6.07, 6.45) is 0. The van der Waals surface area contributed by atoms with Crippen LogP contribution in [-0.4, -0.2) is 29.9 Å². The molecule has 0 radical (unpaired) electrons. The van der Waals surface area contributed by atoms with Gasteiger partial charge in [-0.3, -0.25) is 0 Å². The fourth-order valence-corrected chi connectivity index (χ4v) is 2.07. The van der Waals surface area contributed by atoms with E-state index in [2.05, 4.69) is 19.1 Å². The molecule has 0 bridgehead atoms. The molecule has 1 atom stereocenters. The average Bonchev–Trinajstić information content (AvgIpc) is 2.35. The summed E-state index contributed by atoms with van der Waals surface area (Å²) in [5.74, 6) is 1.31. The van der Waals surface area contributed by atoms with E-state index in [1.807, 2.05) is 23.9 Å². The maximum atomic E-state index is 10.9. The molecule has 94 valence electrons. The van der Waals surface area contributed by atoms with Crippen molar-refractivity contribution in [2.24, 2.45) is 0 Å². The van der Waals surface area contributed by atoms with Gasteiger partial charge < -0.3 is 10.0 Å². The average molecular weight is 253 g/mol. The van der Waals surface area contributed by atoms with E-state index in [1.54, 1.807) is 18.9 Å². The minimum atomic E-state index is -0.807. The second-order valence-corrected chi connectivity index (χ2v) is 5.20. The smallest absolute Gasteiger partial charge is 0.326 e. The van der Waals surface area contributed by atoms with Gasteiger partial charge in [0.15, 0.2) is 0 Å². The molecule has 0 aliphatic rings. The molecule has 0 aliphatic carbocycles. The Morgan fingerprint density at radius 3 is 2.47 bits per heavy atom. The van der Waals surface area contributed by atoms with Gasteiger partial charge in [0.2, 0.25) is 0 Å². The minimum absolute atomic E-state index is 0.508. The number of aliphatic carboxylic acids is 1. The summed E-state index contributed by atoms with van der Waals surface area (Å²) < 4.78 is 0. The molecule has 1 N–H and O–H groups in total. The summed E-state index contributed by atoms with van der Waals surface area (Å²) >= 11 is 1.88. The Kier molecular flexibility index (Phi) is 5.35. The number of hydrogen-bond acceptors (Lipinski definition) is 3. The topological polar surface area (TPSA) is 40.5 Å². The zero-order valence-electron chi connectivity index (χ0n) is 10.5. The van der Waals surface area contributed by atoms with Crippen molar-refractivity contribution in [2.75, 3.05) is 17.7 Å². The van der Waals surface area contributed by atoms with Crippen molar-refractivity contribution in [1.29, 1.82) is 0 Å². The first-order valence-electron chi connectivity index (χ1n) is 5.68. The predicted octanol–water partition coefficient (Wildman–Crippen LogP) is 2.85. The van der Waals surface area contributed by atoms with Crippen LogP contribution in [0.4, 0.5) is 5.69 Å². The van der Waals surface area contributed by atoms with Gasteiger partial charge in [-0.1, -0.05) is 19.1 Å². The lowest BCUT2D eigenvalue weighted by molar-refractivity contribution is -0.138. The quantitative estimate of drug-likeness (QED) is 0.846. The van der Waals surface area contributed by atoms with Crippen LogP contribution in [0.1, 0.15) is 19.4 Å². The van der Waals surface area contributed by atoms with Gasteiger partial charge in [-0.25, -0.2) is 4.79 Å². The molecule has 0 fully saturated rings. The van der Waals surface area contributed by atoms with Crippen LogP contribution in [-0.2, 0) is 10.5 Å². The maximum Gasteiger partial charge on any atom is 0.326 e. The van der Waals surface area contributed by atoms with Crippen LogP contribution in [0.5, 0.6) is 0 Å². The molecule has 0 amide bonds. The Labute approximate surface area is 107 Å². The first-order valence-corrected chi connectivity index (χ1v) is 6.84. The summed E-state index contributed by atoms with van der Waals surface area (Å²) in [6, 6.07) is 7.56. The molecule has 1 aromatic rings. The Morgan fingerprint density at radius 1 is 1.41 bits per heavy atom. The monoisotopic (exact) mass is 253 g/mol. The van der Waals surface area contributed by atoms with Gasteiger partial charge in [0.25, 0.3) is 0 Å². The van der Waals surface area contributed by atoms with Crippen LogP contribution in [0, 0.1) is 0 Å². The normalized spacial score (nSPS) is 12.2. The first kappa shape index (κ1) is 13.9. The van der Waals surface area contributed by atoms with E-state index in [-0.39, 0.29) is 0 Å². The van der Waals surface area contributed by atoms with Gasteiger partial charge in [0.1, 0.15) is 6.04 Å². The molecular formula is C13H19NO2S. The van der Waals surface area contributed by atoms with Crippen LogP contribution < -0.4 is 4.90 Å². The summed E-state index contributed by atoms with van der Waals surface area (Å²) in [5, 5.41) is 8.94. The van der Waals surface area contributed by atoms with E-state index in [0.29, 0.717) is 0 Å². The fourth-order valence-electron chi connectivity index (χ4n) is 1.44. The van der Waals surface area contributed by atoms with Gasteiger partial charge in [0.05, 0.1) is 0 Å². The zero-order chi connectivity index (χ0) is 12.8. The zero-order valence-corrected chi connectivity index (χ0v) is 11.3. The number of anilines is 1. The van der Waals surface area contributed by atoms with E-state index in [9.17, 15) is 4.79 Å². The molecular weight excluding hydrogens is 234 g/mol. The van der Waals surface area contributed by atoms with Crippen molar-refractivity contribution in [1.82, 2.24) is 0 Å². The number of hydrogen-bond donors (Lipinski definition) is 1. The lowest BCUT2D eigenvalue weighted by Crippen LogP contribution is -2.35. The van der Waals surface area contributed by atoms with Crippen LogP contribution in [0.2, 0.25) is 0 Å². The fraction of sp³-hybridized carbons (Fsp3) is 0.462. The van der Waals surface area contributed by atoms with Crippen LogP contribution in [0.25, 0.3) is 0 Å². The lowest BCUT2D eigenvalue weighted by Gasteiger charge is -2.23. The standard InChI is InChI=1S/C13H19NO2S/c1-4-17-9-11-5-7-12(8-6-11)14(3)10(2)13(15)16/h5-8,10H,4,9H2,1-3H3,(H,15,16). The summed E-state index contributed by atoms with van der Waals surface area (Å²) in [4.78, 5) is 12.6. The van der Waals surface area contributed by atoms with Crippen molar-refractivity contribution >= 4 is 23.4 Å². The molecule has 1 rings (SSSR count). The molecule has 1 unspecified atom stereocenters. The molecule has 3 nitrogen and oxygen atoms in total. The second kappa shape index (κ2) is 6.55. The third kappa shape index (κ3) is 3.97. The molecule has 0 saturated heterocycles. The highest BCUT2D eigenvalue weighted by molar-refractivity contribution is 7.98. The summed E-state index contributed by atoms with van der Waals surface area (Å²) in [7, 11) is 1.80. The molecule has 1 aromatic carbocycles. The van der Waals surface area contributed by atoms with E-state index < -0.39 is 12.0 Å². The van der Waals surface area contributed by atoms with Crippen molar-refractivity contribution < 1.29 is 9.90 Å². The second-order valence-electron chi connectivity index (χ2n) is 3.93. The molecule has 0 saturated carbocycles. The molecule has 0 aliphatic heterocycles. The predicted molar refractivity (Wildman–Crippen MR) is 73.8 cm³/mol. The number of thioether (sulfide) groups is 1. The van der Waals surface area contributed by atoms with E-state index in [1.165, 1.54) is 5.56 Å². The van der Waals surface area contributed by atoms with Gasteiger partial charge >= 0.3 is 5.97 Å². The van der Waals surface area contributed by atoms with Crippen molar-refractivity contribution in [3.05, 3.63) is 29.8 Å². The summed E-state index contributed by atoms with van der Waals surface area (Å²) in [5.41, 5.74) is 2.21. The largest absolute Gasteiger partial charge is 0.480 e. The number of rotatable bonds is 6. The molecule has 0 heterocycles. The minimum Gasteiger partial charge on any atom is -0.480 e. The Bertz CT molecular complexity index is 364. The number of nitrogens with zero attached hydrogens (tertiary/aromatic N) is 1. The van der Waals surface area contributed by atoms with E-state index in [0.717, 1.165) is 17.2 Å². The maximum absolute atomic E-state index is 10.9. The van der Waals surface area contributed by atoms with Crippen LogP contribution >= 0.6 is 11.8 Å². The van der Waals surface area contributed by atoms with Crippen molar-refractivity contribution in [2.45, 2.75) is 25.6 Å². The highest BCUT2D eigenvalue weighted by atomic mass is 32.2. The Morgan fingerprint density at radius 2 is 2.00 bits per heavy atom. The third-order valence-corrected chi connectivity index (χ3v) is 3.70. The van der Waals surface area contributed by atoms with E-state index in [4.69, 9.17) is 5.11 Å². The number of carbonyl (C=O) groups is 1. The Hall–Kier alpha value is -1.16. The van der Waals surface area contributed by atoms with Gasteiger partial charge in [-0.05, 0) is 30.4 Å². The SMILES string of the molecule is CCSCc1ccc(N(C)C(C)C(=O)O)cc1. The number of benzene rings is 1. The van der Waals surface area contributed by atoms with Gasteiger partial charge in [-0.2, -0.15) is 11.8 Å². The third-order valence-electron chi connectivity index (χ3n) is 2.75. The number of likely N-dealkylation sites (N-methyl/N-ethyl adjacent to an activating group) is 1. The molecule has 0 aromatic heterocycles. The van der Waals surface area contributed by atoms with Crippen molar-refractivity contribution in [3.63, 3.8) is 0 Å². The van der Waals surface area contributed by atoms with Crippen molar-refractivity contribution in [3.8, 4) is 0 Å². The molecule has 4 heteroatoms. The molecule has 0 spiro atoms. The number of carboxylic acid groups (broad SMARTS) is 1. The van der Waals surface area contributed by atoms with E-state index >= 15 is 0 Å². The first-order chi connectivity index (χ1) is 8.06. The van der Waals surface area contributed by atoms with Gasteiger partial charge in [0, 0.05) is 18.5 Å². The van der Waals surface area contributed by atoms with Crippen LogP contribution in [0.15, 0.2) is 24.3 Å².